The number of halogens is 2. The van der Waals surface area contributed by atoms with Crippen LogP contribution in [-0.2, 0) is 10.2 Å². The minimum Gasteiger partial charge on any atom is -0.411 e. The number of rotatable bonds is 5. The van der Waals surface area contributed by atoms with E-state index < -0.39 is 22.8 Å². The van der Waals surface area contributed by atoms with Crippen LogP contribution in [0.5, 0.6) is 0 Å². The molecule has 1 atom stereocenters. The maximum absolute atomic E-state index is 13.3. The van der Waals surface area contributed by atoms with Crippen LogP contribution >= 0.6 is 11.8 Å². The molecule has 0 saturated carbocycles. The molecule has 3 rings (SSSR count). The van der Waals surface area contributed by atoms with E-state index >= 15 is 0 Å². The van der Waals surface area contributed by atoms with Gasteiger partial charge in [-0.05, 0) is 42.2 Å². The highest BCUT2D eigenvalue weighted by molar-refractivity contribution is 8.00. The Labute approximate surface area is 171 Å². The largest absolute Gasteiger partial charge is 0.411 e. The molecule has 0 spiro atoms. The van der Waals surface area contributed by atoms with E-state index in [1.54, 1.807) is 6.92 Å². The minimum absolute atomic E-state index is 0.0462. The highest BCUT2D eigenvalue weighted by Gasteiger charge is 2.20. The average molecular weight is 417 g/mol. The number of benzene rings is 2. The fraction of sp³-hybridized carbons (Fsp3) is 0.286. The summed E-state index contributed by atoms with van der Waals surface area (Å²) >= 11 is 1.08. The molecule has 0 bridgehead atoms. The van der Waals surface area contributed by atoms with Crippen LogP contribution < -0.4 is 5.32 Å². The summed E-state index contributed by atoms with van der Waals surface area (Å²) in [5.41, 5.74) is 2.20. The molecule has 1 amide bonds. The van der Waals surface area contributed by atoms with Gasteiger partial charge in [0.05, 0.1) is 5.25 Å². The number of hydrogen-bond acceptors (Lipinski definition) is 5. The second kappa shape index (κ2) is 8.32. The van der Waals surface area contributed by atoms with Crippen molar-refractivity contribution in [3.05, 3.63) is 59.7 Å². The number of amides is 1. The third-order valence-electron chi connectivity index (χ3n) is 4.24. The molecule has 8 heteroatoms. The van der Waals surface area contributed by atoms with Crippen LogP contribution in [0.2, 0.25) is 0 Å². The fourth-order valence-electron chi connectivity index (χ4n) is 2.51. The van der Waals surface area contributed by atoms with Crippen LogP contribution in [-0.4, -0.2) is 21.4 Å². The van der Waals surface area contributed by atoms with E-state index in [1.807, 2.05) is 24.3 Å². The third-order valence-corrected chi connectivity index (χ3v) is 5.17. The van der Waals surface area contributed by atoms with Crippen molar-refractivity contribution in [2.45, 2.75) is 43.6 Å². The normalized spacial score (nSPS) is 12.6. The van der Waals surface area contributed by atoms with Gasteiger partial charge in [-0.2, -0.15) is 0 Å². The number of nitrogens with zero attached hydrogens (tertiary/aromatic N) is 2. The molecule has 152 valence electrons. The van der Waals surface area contributed by atoms with E-state index in [1.165, 1.54) is 11.6 Å². The smallest absolute Gasteiger partial charge is 0.277 e. The average Bonchev–Trinajstić information content (AvgIpc) is 3.12. The molecule has 0 aliphatic heterocycles. The number of thioether (sulfide) groups is 1. The molecule has 0 fully saturated rings. The maximum Gasteiger partial charge on any atom is 0.277 e. The maximum atomic E-state index is 13.3. The highest BCUT2D eigenvalue weighted by Crippen LogP contribution is 2.29. The summed E-state index contributed by atoms with van der Waals surface area (Å²) in [4.78, 5) is 12.3. The van der Waals surface area contributed by atoms with Gasteiger partial charge in [-0.25, -0.2) is 8.78 Å². The summed E-state index contributed by atoms with van der Waals surface area (Å²) in [6, 6.07) is 11.0. The lowest BCUT2D eigenvalue weighted by Gasteiger charge is -2.18. The van der Waals surface area contributed by atoms with Gasteiger partial charge in [0, 0.05) is 17.3 Å². The summed E-state index contributed by atoms with van der Waals surface area (Å²) in [7, 11) is 0. The Morgan fingerprint density at radius 3 is 2.38 bits per heavy atom. The Hall–Kier alpha value is -2.74. The van der Waals surface area contributed by atoms with Gasteiger partial charge in [-0.3, -0.25) is 4.79 Å². The zero-order chi connectivity index (χ0) is 21.2. The Bertz CT molecular complexity index is 1010. The number of carbonyl (C=O) groups excluding carboxylic acids is 1. The summed E-state index contributed by atoms with van der Waals surface area (Å²) in [5.74, 6) is -2.03. The molecule has 1 heterocycles. The van der Waals surface area contributed by atoms with Gasteiger partial charge >= 0.3 is 0 Å². The first-order valence-corrected chi connectivity index (χ1v) is 9.88. The number of carbonyl (C=O) groups is 1. The monoisotopic (exact) mass is 417 g/mol. The van der Waals surface area contributed by atoms with E-state index in [9.17, 15) is 13.6 Å². The molecule has 3 aromatic rings. The summed E-state index contributed by atoms with van der Waals surface area (Å²) < 4.78 is 31.9. The number of nitrogens with one attached hydrogen (secondary N) is 1. The Kier molecular flexibility index (Phi) is 6.02. The second-order valence-electron chi connectivity index (χ2n) is 7.58. The minimum atomic E-state index is -1.03. The predicted octanol–water partition coefficient (Wildman–Crippen LogP) is 5.43. The first-order chi connectivity index (χ1) is 13.6. The molecular formula is C21H21F2N3O2S. The van der Waals surface area contributed by atoms with Gasteiger partial charge in [0.25, 0.3) is 5.22 Å². The molecule has 2 aromatic carbocycles. The van der Waals surface area contributed by atoms with Crippen molar-refractivity contribution in [1.29, 1.82) is 0 Å². The summed E-state index contributed by atoms with van der Waals surface area (Å²) in [5, 5.41) is 10.2. The molecule has 29 heavy (non-hydrogen) atoms. The van der Waals surface area contributed by atoms with Crippen molar-refractivity contribution < 1.29 is 18.0 Å². The Morgan fingerprint density at radius 2 is 1.76 bits per heavy atom. The first-order valence-electron chi connectivity index (χ1n) is 9.00. The van der Waals surface area contributed by atoms with E-state index in [2.05, 4.69) is 36.3 Å². The molecule has 0 aliphatic carbocycles. The summed E-state index contributed by atoms with van der Waals surface area (Å²) in [6.07, 6.45) is 0. The van der Waals surface area contributed by atoms with Gasteiger partial charge in [-0.15, -0.1) is 10.2 Å². The van der Waals surface area contributed by atoms with Gasteiger partial charge < -0.3 is 9.73 Å². The molecule has 0 saturated heterocycles. The van der Waals surface area contributed by atoms with Gasteiger partial charge in [-0.1, -0.05) is 44.7 Å². The standard InChI is InChI=1S/C21H21F2N3O2S/c1-12(18(27)24-15-9-10-16(22)17(23)11-15)29-20-26-25-19(28-20)13-5-7-14(8-6-13)21(2,3)4/h5-12H,1-4H3,(H,24,27). The third kappa shape index (κ3) is 5.20. The quantitative estimate of drug-likeness (QED) is 0.561. The van der Waals surface area contributed by atoms with Crippen LogP contribution in [0.3, 0.4) is 0 Å². The van der Waals surface area contributed by atoms with Crippen molar-refractivity contribution in [2.75, 3.05) is 5.32 Å². The van der Waals surface area contributed by atoms with Gasteiger partial charge in [0.2, 0.25) is 11.8 Å². The Balaban J connectivity index is 1.64. The Morgan fingerprint density at radius 1 is 1.07 bits per heavy atom. The SMILES string of the molecule is CC(Sc1nnc(-c2ccc(C(C)(C)C)cc2)o1)C(=O)Nc1ccc(F)c(F)c1. The zero-order valence-corrected chi connectivity index (χ0v) is 17.3. The van der Waals surface area contributed by atoms with E-state index in [0.29, 0.717) is 5.89 Å². The number of anilines is 1. The van der Waals surface area contributed by atoms with E-state index in [-0.39, 0.29) is 16.3 Å². The van der Waals surface area contributed by atoms with Crippen molar-refractivity contribution >= 4 is 23.4 Å². The van der Waals surface area contributed by atoms with Crippen LogP contribution in [0.25, 0.3) is 11.5 Å². The predicted molar refractivity (Wildman–Crippen MR) is 109 cm³/mol. The highest BCUT2D eigenvalue weighted by atomic mass is 32.2. The molecular weight excluding hydrogens is 396 g/mol. The molecule has 5 nitrogen and oxygen atoms in total. The summed E-state index contributed by atoms with van der Waals surface area (Å²) in [6.45, 7) is 8.06. The zero-order valence-electron chi connectivity index (χ0n) is 16.5. The lowest BCUT2D eigenvalue weighted by molar-refractivity contribution is -0.115. The van der Waals surface area contributed by atoms with Crippen molar-refractivity contribution in [3.8, 4) is 11.5 Å². The molecule has 1 unspecified atom stereocenters. The van der Waals surface area contributed by atoms with Crippen molar-refractivity contribution in [2.24, 2.45) is 0 Å². The number of aromatic nitrogens is 2. The van der Waals surface area contributed by atoms with Crippen LogP contribution in [0.15, 0.2) is 52.1 Å². The molecule has 0 aliphatic rings. The molecule has 1 aromatic heterocycles. The lowest BCUT2D eigenvalue weighted by Crippen LogP contribution is -2.22. The van der Waals surface area contributed by atoms with Crippen LogP contribution in [0, 0.1) is 11.6 Å². The van der Waals surface area contributed by atoms with E-state index in [4.69, 9.17) is 4.42 Å². The fourth-order valence-corrected chi connectivity index (χ4v) is 3.19. The van der Waals surface area contributed by atoms with Crippen LogP contribution in [0.4, 0.5) is 14.5 Å². The lowest BCUT2D eigenvalue weighted by atomic mass is 9.87. The topological polar surface area (TPSA) is 68.0 Å². The van der Waals surface area contributed by atoms with E-state index in [0.717, 1.165) is 29.5 Å². The molecule has 0 radical (unpaired) electrons. The van der Waals surface area contributed by atoms with Crippen molar-refractivity contribution in [3.63, 3.8) is 0 Å². The number of hydrogen-bond donors (Lipinski definition) is 1. The van der Waals surface area contributed by atoms with Crippen LogP contribution in [0.1, 0.15) is 33.3 Å². The van der Waals surface area contributed by atoms with Crippen molar-refractivity contribution in [1.82, 2.24) is 10.2 Å². The first kappa shape index (κ1) is 21.0. The van der Waals surface area contributed by atoms with Gasteiger partial charge in [0.15, 0.2) is 11.6 Å². The van der Waals surface area contributed by atoms with Gasteiger partial charge in [0.1, 0.15) is 0 Å². The molecule has 1 N–H and O–H groups in total. The second-order valence-corrected chi connectivity index (χ2v) is 8.87.